The maximum atomic E-state index is 12.4. The molecular formula is C13H15ClN2O3. The Labute approximate surface area is 116 Å². The summed E-state index contributed by atoms with van der Waals surface area (Å²) in [6.45, 7) is 0.445. The van der Waals surface area contributed by atoms with E-state index in [1.165, 1.54) is 11.1 Å². The lowest BCUT2D eigenvalue weighted by Crippen LogP contribution is -2.44. The van der Waals surface area contributed by atoms with Crippen LogP contribution in [0.2, 0.25) is 5.15 Å². The van der Waals surface area contributed by atoms with Gasteiger partial charge in [0, 0.05) is 12.7 Å². The number of rotatable bonds is 2. The lowest BCUT2D eigenvalue weighted by molar-refractivity contribution is -0.142. The Morgan fingerprint density at radius 2 is 2.16 bits per heavy atom. The van der Waals surface area contributed by atoms with Crippen LogP contribution in [0.15, 0.2) is 18.3 Å². The van der Waals surface area contributed by atoms with Gasteiger partial charge in [-0.15, -0.1) is 0 Å². The van der Waals surface area contributed by atoms with Crippen molar-refractivity contribution in [3.8, 4) is 0 Å². The number of aromatic nitrogens is 1. The van der Waals surface area contributed by atoms with E-state index in [0.717, 1.165) is 19.3 Å². The van der Waals surface area contributed by atoms with Gasteiger partial charge in [-0.2, -0.15) is 0 Å². The molecule has 0 bridgehead atoms. The third-order valence-corrected chi connectivity index (χ3v) is 3.59. The van der Waals surface area contributed by atoms with Gasteiger partial charge in [-0.25, -0.2) is 9.78 Å². The standard InChI is InChI=1S/C13H15ClN2O3/c14-11-9(5-4-7-15-11)12(17)16-8-3-1-2-6-10(16)13(18)19/h4-5,7,10H,1-3,6,8H2,(H,18,19). The molecule has 1 aromatic heterocycles. The third-order valence-electron chi connectivity index (χ3n) is 3.29. The molecule has 1 N–H and O–H groups in total. The molecule has 2 rings (SSSR count). The minimum Gasteiger partial charge on any atom is -0.480 e. The quantitative estimate of drug-likeness (QED) is 0.844. The molecule has 1 amide bonds. The van der Waals surface area contributed by atoms with Gasteiger partial charge in [0.1, 0.15) is 11.2 Å². The third kappa shape index (κ3) is 3.04. The molecule has 1 unspecified atom stereocenters. The summed E-state index contributed by atoms with van der Waals surface area (Å²) in [5.74, 6) is -1.32. The maximum Gasteiger partial charge on any atom is 0.326 e. The predicted octanol–water partition coefficient (Wildman–Crippen LogP) is 2.20. The van der Waals surface area contributed by atoms with Gasteiger partial charge in [-0.1, -0.05) is 24.4 Å². The first-order valence-corrected chi connectivity index (χ1v) is 6.63. The van der Waals surface area contributed by atoms with Gasteiger partial charge in [0.05, 0.1) is 5.56 Å². The summed E-state index contributed by atoms with van der Waals surface area (Å²) in [5, 5.41) is 9.37. The van der Waals surface area contributed by atoms with E-state index in [1.807, 2.05) is 0 Å². The second-order valence-corrected chi connectivity index (χ2v) is 4.90. The number of carboxylic acid groups (broad SMARTS) is 1. The summed E-state index contributed by atoms with van der Waals surface area (Å²) < 4.78 is 0. The molecule has 0 aliphatic carbocycles. The van der Waals surface area contributed by atoms with Crippen LogP contribution in [0.4, 0.5) is 0 Å². The van der Waals surface area contributed by atoms with Gasteiger partial charge >= 0.3 is 5.97 Å². The van der Waals surface area contributed by atoms with Crippen LogP contribution in [-0.2, 0) is 4.79 Å². The van der Waals surface area contributed by atoms with E-state index in [-0.39, 0.29) is 16.6 Å². The molecule has 5 nitrogen and oxygen atoms in total. The Kier molecular flexibility index (Phi) is 4.37. The van der Waals surface area contributed by atoms with Crippen LogP contribution in [0.5, 0.6) is 0 Å². The summed E-state index contributed by atoms with van der Waals surface area (Å²) >= 11 is 5.90. The highest BCUT2D eigenvalue weighted by Gasteiger charge is 2.32. The topological polar surface area (TPSA) is 70.5 Å². The van der Waals surface area contributed by atoms with Crippen LogP contribution < -0.4 is 0 Å². The lowest BCUT2D eigenvalue weighted by Gasteiger charge is -2.27. The molecule has 6 heteroatoms. The van der Waals surface area contributed by atoms with Gasteiger partial charge < -0.3 is 10.0 Å². The number of hydrogen-bond donors (Lipinski definition) is 1. The Morgan fingerprint density at radius 3 is 2.84 bits per heavy atom. The zero-order valence-corrected chi connectivity index (χ0v) is 11.1. The van der Waals surface area contributed by atoms with Crippen molar-refractivity contribution in [2.75, 3.05) is 6.54 Å². The number of carbonyl (C=O) groups is 2. The smallest absolute Gasteiger partial charge is 0.326 e. The Hall–Kier alpha value is -1.62. The number of pyridine rings is 1. The molecule has 19 heavy (non-hydrogen) atoms. The predicted molar refractivity (Wildman–Crippen MR) is 70.2 cm³/mol. The monoisotopic (exact) mass is 282 g/mol. The van der Waals surface area contributed by atoms with Crippen LogP contribution in [-0.4, -0.2) is 39.5 Å². The number of amides is 1. The van der Waals surface area contributed by atoms with Crippen molar-refractivity contribution >= 4 is 23.5 Å². The van der Waals surface area contributed by atoms with Crippen LogP contribution in [0, 0.1) is 0 Å². The molecule has 102 valence electrons. The van der Waals surface area contributed by atoms with Gasteiger partial charge in [-0.05, 0) is 25.0 Å². The Morgan fingerprint density at radius 1 is 1.37 bits per heavy atom. The molecule has 0 saturated carbocycles. The highest BCUT2D eigenvalue weighted by molar-refractivity contribution is 6.32. The molecule has 1 atom stereocenters. The van der Waals surface area contributed by atoms with Gasteiger partial charge in [-0.3, -0.25) is 4.79 Å². The zero-order chi connectivity index (χ0) is 13.8. The van der Waals surface area contributed by atoms with Gasteiger partial charge in [0.15, 0.2) is 0 Å². The molecule has 1 aromatic rings. The van der Waals surface area contributed by atoms with Crippen molar-refractivity contribution in [3.05, 3.63) is 29.0 Å². The number of halogens is 1. The van der Waals surface area contributed by atoms with Gasteiger partial charge in [0.25, 0.3) is 5.91 Å². The van der Waals surface area contributed by atoms with Gasteiger partial charge in [0.2, 0.25) is 0 Å². The first kappa shape index (κ1) is 13.8. The highest BCUT2D eigenvalue weighted by Crippen LogP contribution is 2.22. The van der Waals surface area contributed by atoms with Crippen molar-refractivity contribution in [1.82, 2.24) is 9.88 Å². The van der Waals surface area contributed by atoms with Crippen molar-refractivity contribution < 1.29 is 14.7 Å². The highest BCUT2D eigenvalue weighted by atomic mass is 35.5. The molecule has 0 radical (unpaired) electrons. The first-order chi connectivity index (χ1) is 9.11. The van der Waals surface area contributed by atoms with Crippen LogP contribution >= 0.6 is 11.6 Å². The molecule has 1 saturated heterocycles. The number of carboxylic acids is 1. The van der Waals surface area contributed by atoms with E-state index < -0.39 is 12.0 Å². The number of nitrogens with zero attached hydrogens (tertiary/aromatic N) is 2. The van der Waals surface area contributed by atoms with E-state index in [1.54, 1.807) is 12.1 Å². The number of hydrogen-bond acceptors (Lipinski definition) is 3. The van der Waals surface area contributed by atoms with Crippen LogP contribution in [0.25, 0.3) is 0 Å². The largest absolute Gasteiger partial charge is 0.480 e. The second kappa shape index (κ2) is 6.02. The molecule has 1 aliphatic rings. The number of aliphatic carboxylic acids is 1. The molecule has 1 fully saturated rings. The molecular weight excluding hydrogens is 268 g/mol. The lowest BCUT2D eigenvalue weighted by atomic mass is 10.1. The fraction of sp³-hybridized carbons (Fsp3) is 0.462. The van der Waals surface area contributed by atoms with E-state index in [2.05, 4.69) is 4.98 Å². The Balaban J connectivity index is 2.29. The number of carbonyl (C=O) groups excluding carboxylic acids is 1. The van der Waals surface area contributed by atoms with Crippen LogP contribution in [0.3, 0.4) is 0 Å². The summed E-state index contributed by atoms with van der Waals surface area (Å²) in [6.07, 6.45) is 4.55. The van der Waals surface area contributed by atoms with Crippen molar-refractivity contribution in [2.24, 2.45) is 0 Å². The average molecular weight is 283 g/mol. The molecule has 0 aromatic carbocycles. The maximum absolute atomic E-state index is 12.4. The van der Waals surface area contributed by atoms with Crippen LogP contribution in [0.1, 0.15) is 36.0 Å². The molecule has 0 spiro atoms. The number of likely N-dealkylation sites (tertiary alicyclic amines) is 1. The second-order valence-electron chi connectivity index (χ2n) is 4.54. The fourth-order valence-electron chi connectivity index (χ4n) is 2.31. The SMILES string of the molecule is O=C(O)C1CCCCCN1C(=O)c1cccnc1Cl. The van der Waals surface area contributed by atoms with Crippen molar-refractivity contribution in [1.29, 1.82) is 0 Å². The van der Waals surface area contributed by atoms with E-state index in [4.69, 9.17) is 11.6 Å². The normalized spacial score (nSPS) is 19.8. The fourth-order valence-corrected chi connectivity index (χ4v) is 2.51. The minimum absolute atomic E-state index is 0.112. The average Bonchev–Trinajstić information content (AvgIpc) is 2.64. The van der Waals surface area contributed by atoms with Crippen molar-refractivity contribution in [3.63, 3.8) is 0 Å². The summed E-state index contributed by atoms with van der Waals surface area (Å²) in [7, 11) is 0. The Bertz CT molecular complexity index is 493. The zero-order valence-electron chi connectivity index (χ0n) is 10.4. The first-order valence-electron chi connectivity index (χ1n) is 6.25. The summed E-state index contributed by atoms with van der Waals surface area (Å²) in [4.78, 5) is 29.0. The molecule has 1 aliphatic heterocycles. The molecule has 2 heterocycles. The van der Waals surface area contributed by atoms with E-state index in [9.17, 15) is 14.7 Å². The van der Waals surface area contributed by atoms with Crippen molar-refractivity contribution in [2.45, 2.75) is 31.7 Å². The minimum atomic E-state index is -0.963. The summed E-state index contributed by atoms with van der Waals surface area (Å²) in [5.41, 5.74) is 0.261. The van der Waals surface area contributed by atoms with E-state index >= 15 is 0 Å². The summed E-state index contributed by atoms with van der Waals surface area (Å²) in [6, 6.07) is 2.42. The van der Waals surface area contributed by atoms with E-state index in [0.29, 0.717) is 13.0 Å².